The van der Waals surface area contributed by atoms with Crippen LogP contribution in [0.15, 0.2) is 53.9 Å². The topological polar surface area (TPSA) is 95.7 Å². The quantitative estimate of drug-likeness (QED) is 0.660. The number of nitrogens with zero attached hydrogens (tertiary/aromatic N) is 2. The molecule has 0 radical (unpaired) electrons. The van der Waals surface area contributed by atoms with E-state index in [9.17, 15) is 14.4 Å². The van der Waals surface area contributed by atoms with E-state index >= 15 is 0 Å². The van der Waals surface area contributed by atoms with Crippen LogP contribution in [0, 0.1) is 0 Å². The molecule has 0 unspecified atom stereocenters. The number of thiophene rings is 1. The maximum absolute atomic E-state index is 13.0. The van der Waals surface area contributed by atoms with Crippen LogP contribution in [0.4, 0.5) is 5.00 Å². The molecule has 0 atom stereocenters. The fourth-order valence-electron chi connectivity index (χ4n) is 3.66. The number of rotatable bonds is 5. The highest BCUT2D eigenvalue weighted by Crippen LogP contribution is 2.23. The highest BCUT2D eigenvalue weighted by molar-refractivity contribution is 7.14. The summed E-state index contributed by atoms with van der Waals surface area (Å²) in [5.41, 5.74) is 6.34. The van der Waals surface area contributed by atoms with E-state index in [1.54, 1.807) is 11.4 Å². The summed E-state index contributed by atoms with van der Waals surface area (Å²) in [5.74, 6) is -0.749. The first-order chi connectivity index (χ1) is 14.5. The van der Waals surface area contributed by atoms with Crippen LogP contribution in [0.5, 0.6) is 0 Å². The van der Waals surface area contributed by atoms with Gasteiger partial charge in [0.05, 0.1) is 12.1 Å². The third kappa shape index (κ3) is 4.19. The van der Waals surface area contributed by atoms with E-state index in [0.29, 0.717) is 42.3 Å². The van der Waals surface area contributed by atoms with Crippen molar-refractivity contribution in [3.8, 4) is 0 Å². The van der Waals surface area contributed by atoms with Crippen LogP contribution in [0.1, 0.15) is 20.7 Å². The lowest BCUT2D eigenvalue weighted by molar-refractivity contribution is -0.117. The summed E-state index contributed by atoms with van der Waals surface area (Å²) >= 11 is 1.27. The van der Waals surface area contributed by atoms with Gasteiger partial charge in [0.1, 0.15) is 5.00 Å². The number of hydrogen-bond acceptors (Lipinski definition) is 5. The number of primary amides is 1. The molecule has 0 saturated carbocycles. The van der Waals surface area contributed by atoms with Gasteiger partial charge in [0, 0.05) is 31.7 Å². The summed E-state index contributed by atoms with van der Waals surface area (Å²) in [6.07, 6.45) is 0. The van der Waals surface area contributed by atoms with E-state index < -0.39 is 5.91 Å². The first kappa shape index (κ1) is 20.1. The molecule has 4 rings (SSSR count). The zero-order chi connectivity index (χ0) is 21.1. The molecular weight excluding hydrogens is 400 g/mol. The van der Waals surface area contributed by atoms with E-state index in [-0.39, 0.29) is 18.4 Å². The predicted molar refractivity (Wildman–Crippen MR) is 118 cm³/mol. The Morgan fingerprint density at radius 3 is 2.43 bits per heavy atom. The number of nitrogens with one attached hydrogen (secondary N) is 1. The summed E-state index contributed by atoms with van der Waals surface area (Å²) in [4.78, 5) is 40.6. The van der Waals surface area contributed by atoms with Crippen LogP contribution in [-0.2, 0) is 4.79 Å². The van der Waals surface area contributed by atoms with E-state index in [1.165, 1.54) is 11.3 Å². The number of nitrogens with two attached hydrogens (primary N) is 1. The molecule has 7 nitrogen and oxygen atoms in total. The molecule has 1 aromatic heterocycles. The van der Waals surface area contributed by atoms with Gasteiger partial charge in [0.25, 0.3) is 11.8 Å². The lowest BCUT2D eigenvalue weighted by Crippen LogP contribution is -2.50. The van der Waals surface area contributed by atoms with Gasteiger partial charge in [-0.3, -0.25) is 19.3 Å². The van der Waals surface area contributed by atoms with Gasteiger partial charge in [-0.25, -0.2) is 0 Å². The molecule has 0 spiro atoms. The highest BCUT2D eigenvalue weighted by Gasteiger charge is 2.24. The summed E-state index contributed by atoms with van der Waals surface area (Å²) in [5, 5.41) is 6.94. The van der Waals surface area contributed by atoms with Crippen LogP contribution in [0.3, 0.4) is 0 Å². The maximum Gasteiger partial charge on any atom is 0.254 e. The van der Waals surface area contributed by atoms with Crippen LogP contribution in [-0.4, -0.2) is 60.2 Å². The molecule has 1 aliphatic rings. The second-order valence-corrected chi connectivity index (χ2v) is 8.09. The first-order valence-electron chi connectivity index (χ1n) is 9.69. The molecule has 2 aromatic carbocycles. The summed E-state index contributed by atoms with van der Waals surface area (Å²) < 4.78 is 0. The third-order valence-electron chi connectivity index (χ3n) is 5.23. The van der Waals surface area contributed by atoms with Gasteiger partial charge in [-0.2, -0.15) is 0 Å². The Balaban J connectivity index is 1.34. The van der Waals surface area contributed by atoms with Gasteiger partial charge in [-0.15, -0.1) is 11.3 Å². The summed E-state index contributed by atoms with van der Waals surface area (Å²) in [7, 11) is 0. The summed E-state index contributed by atoms with van der Waals surface area (Å²) in [6, 6.07) is 15.2. The number of fused-ring (bicyclic) bond motifs is 1. The van der Waals surface area contributed by atoms with Gasteiger partial charge < -0.3 is 16.0 Å². The number of carbonyl (C=O) groups is 3. The van der Waals surface area contributed by atoms with Crippen LogP contribution >= 0.6 is 11.3 Å². The SMILES string of the molecule is NC(=O)c1ccsc1NC(=O)CN1CCN(C(=O)c2cccc3ccccc23)CC1. The van der Waals surface area contributed by atoms with Crippen LogP contribution in [0.25, 0.3) is 10.8 Å². The first-order valence-corrected chi connectivity index (χ1v) is 10.6. The monoisotopic (exact) mass is 422 g/mol. The van der Waals surface area contributed by atoms with E-state index in [4.69, 9.17) is 5.73 Å². The number of anilines is 1. The Kier molecular flexibility index (Phi) is 5.78. The summed E-state index contributed by atoms with van der Waals surface area (Å²) in [6.45, 7) is 2.53. The van der Waals surface area contributed by atoms with Crippen molar-refractivity contribution in [3.63, 3.8) is 0 Å². The van der Waals surface area contributed by atoms with Gasteiger partial charge in [0.2, 0.25) is 5.91 Å². The van der Waals surface area contributed by atoms with Crippen molar-refractivity contribution < 1.29 is 14.4 Å². The van der Waals surface area contributed by atoms with Crippen molar-refractivity contribution in [1.82, 2.24) is 9.80 Å². The van der Waals surface area contributed by atoms with E-state index in [0.717, 1.165) is 10.8 Å². The average molecular weight is 423 g/mol. The minimum Gasteiger partial charge on any atom is -0.366 e. The largest absolute Gasteiger partial charge is 0.366 e. The Morgan fingerprint density at radius 1 is 0.933 bits per heavy atom. The fourth-order valence-corrected chi connectivity index (χ4v) is 4.47. The number of benzene rings is 2. The second-order valence-electron chi connectivity index (χ2n) is 7.17. The van der Waals surface area contributed by atoms with Gasteiger partial charge in [-0.1, -0.05) is 36.4 Å². The van der Waals surface area contributed by atoms with Crippen molar-refractivity contribution >= 4 is 44.8 Å². The van der Waals surface area contributed by atoms with Crippen molar-refractivity contribution in [2.45, 2.75) is 0 Å². The Bertz CT molecular complexity index is 1100. The number of carbonyl (C=O) groups excluding carboxylic acids is 3. The number of piperazine rings is 1. The molecule has 30 heavy (non-hydrogen) atoms. The van der Waals surface area contributed by atoms with Crippen LogP contribution < -0.4 is 11.1 Å². The average Bonchev–Trinajstić information content (AvgIpc) is 3.21. The highest BCUT2D eigenvalue weighted by atomic mass is 32.1. The molecule has 3 amide bonds. The maximum atomic E-state index is 13.0. The molecule has 1 saturated heterocycles. The minimum absolute atomic E-state index is 0.0144. The van der Waals surface area contributed by atoms with Crippen molar-refractivity contribution in [2.24, 2.45) is 5.73 Å². The van der Waals surface area contributed by atoms with Crippen molar-refractivity contribution in [1.29, 1.82) is 0 Å². The Hall–Kier alpha value is -3.23. The lowest BCUT2D eigenvalue weighted by atomic mass is 10.0. The molecule has 8 heteroatoms. The molecule has 154 valence electrons. The molecule has 3 N–H and O–H groups in total. The molecule has 2 heterocycles. The number of amides is 3. The predicted octanol–water partition coefficient (Wildman–Crippen LogP) is 2.40. The second kappa shape index (κ2) is 8.64. The zero-order valence-electron chi connectivity index (χ0n) is 16.3. The molecular formula is C22H22N4O3S. The van der Waals surface area contributed by atoms with E-state index in [1.807, 2.05) is 52.3 Å². The minimum atomic E-state index is -0.563. The standard InChI is InChI=1S/C22H22N4O3S/c23-20(28)18-8-13-30-21(18)24-19(27)14-25-9-11-26(12-10-25)22(29)17-7-3-5-15-4-1-2-6-16(15)17/h1-8,13H,9-12,14H2,(H2,23,28)(H,24,27). The van der Waals surface area contributed by atoms with Gasteiger partial charge in [0.15, 0.2) is 0 Å². The van der Waals surface area contributed by atoms with Gasteiger partial charge in [-0.05, 0) is 28.3 Å². The molecule has 0 aliphatic carbocycles. The van der Waals surface area contributed by atoms with Gasteiger partial charge >= 0.3 is 0 Å². The zero-order valence-corrected chi connectivity index (χ0v) is 17.2. The van der Waals surface area contributed by atoms with Crippen molar-refractivity contribution in [2.75, 3.05) is 38.0 Å². The Morgan fingerprint density at radius 2 is 1.67 bits per heavy atom. The Labute approximate surface area is 178 Å². The molecule has 3 aromatic rings. The smallest absolute Gasteiger partial charge is 0.254 e. The normalized spacial score (nSPS) is 14.6. The third-order valence-corrected chi connectivity index (χ3v) is 6.06. The fraction of sp³-hybridized carbons (Fsp3) is 0.227. The van der Waals surface area contributed by atoms with Crippen molar-refractivity contribution in [3.05, 3.63) is 65.0 Å². The molecule has 0 bridgehead atoms. The lowest BCUT2D eigenvalue weighted by Gasteiger charge is -2.34. The number of hydrogen-bond donors (Lipinski definition) is 2. The molecule has 1 fully saturated rings. The van der Waals surface area contributed by atoms with Crippen LogP contribution in [0.2, 0.25) is 0 Å². The van der Waals surface area contributed by atoms with E-state index in [2.05, 4.69) is 5.32 Å². The molecule has 1 aliphatic heterocycles.